The molecule has 0 aliphatic rings. The van der Waals surface area contributed by atoms with Gasteiger partial charge in [-0.15, -0.1) is 0 Å². The molecule has 2 aromatic carbocycles. The highest BCUT2D eigenvalue weighted by Gasteiger charge is 2.21. The molecule has 140 valence electrons. The minimum absolute atomic E-state index is 0.291. The molecule has 1 amide bonds. The van der Waals surface area contributed by atoms with E-state index in [9.17, 15) is 4.79 Å². The maximum Gasteiger partial charge on any atom is 0.280 e. The molecule has 28 heavy (non-hydrogen) atoms. The third-order valence-electron chi connectivity index (χ3n) is 4.09. The second-order valence-corrected chi connectivity index (χ2v) is 7.08. The number of aryl methyl sites for hydroxylation is 1. The van der Waals surface area contributed by atoms with Gasteiger partial charge in [0.1, 0.15) is 11.5 Å². The molecule has 0 saturated heterocycles. The lowest BCUT2D eigenvalue weighted by atomic mass is 10.2. The van der Waals surface area contributed by atoms with Crippen LogP contribution in [0.2, 0.25) is 0 Å². The van der Waals surface area contributed by atoms with Crippen molar-refractivity contribution in [3.63, 3.8) is 0 Å². The van der Waals surface area contributed by atoms with Gasteiger partial charge in [0.15, 0.2) is 0 Å². The van der Waals surface area contributed by atoms with Crippen LogP contribution in [0.4, 0.5) is 5.13 Å². The predicted molar refractivity (Wildman–Crippen MR) is 110 cm³/mol. The van der Waals surface area contributed by atoms with Crippen LogP contribution in [0.1, 0.15) is 21.7 Å². The maximum atomic E-state index is 13.2. The summed E-state index contributed by atoms with van der Waals surface area (Å²) in [6.07, 6.45) is 3.05. The Kier molecular flexibility index (Phi) is 4.90. The number of carbonyl (C=O) groups excluding carboxylic acids is 1. The molecule has 0 aliphatic carbocycles. The van der Waals surface area contributed by atoms with E-state index in [1.807, 2.05) is 25.1 Å². The minimum Gasteiger partial charge on any atom is -0.497 e. The van der Waals surface area contributed by atoms with Gasteiger partial charge >= 0.3 is 0 Å². The molecule has 2 aromatic heterocycles. The fraction of sp³-hybridized carbons (Fsp3) is 0.0952. The lowest BCUT2D eigenvalue weighted by molar-refractivity contribution is 0.0988. The summed E-state index contributed by atoms with van der Waals surface area (Å²) in [4.78, 5) is 17.7. The second-order valence-electron chi connectivity index (χ2n) is 6.07. The van der Waals surface area contributed by atoms with Crippen LogP contribution in [-0.2, 0) is 0 Å². The van der Waals surface area contributed by atoms with Crippen LogP contribution in [0.25, 0.3) is 10.2 Å². The summed E-state index contributed by atoms with van der Waals surface area (Å²) in [5, 5.41) is 6.14. The summed E-state index contributed by atoms with van der Waals surface area (Å²) in [7, 11) is 1.58. The molecular formula is C21H17N3O3S. The van der Waals surface area contributed by atoms with Gasteiger partial charge in [0.2, 0.25) is 5.13 Å². The molecule has 0 atom stereocenters. The second kappa shape index (κ2) is 7.66. The average molecular weight is 391 g/mol. The average Bonchev–Trinajstić information content (AvgIpc) is 3.37. The number of hydrogen-bond donors (Lipinski definition) is 0. The Morgan fingerprint density at radius 3 is 2.75 bits per heavy atom. The van der Waals surface area contributed by atoms with Crippen molar-refractivity contribution in [1.29, 1.82) is 0 Å². The SMILES string of the molecule is COc1ccc(C(=O)N(/N=C/c2ccco2)c2nc3ccc(C)cc3s2)cc1. The van der Waals surface area contributed by atoms with Gasteiger partial charge in [0, 0.05) is 5.56 Å². The molecular weight excluding hydrogens is 374 g/mol. The Morgan fingerprint density at radius 1 is 1.21 bits per heavy atom. The first kappa shape index (κ1) is 17.9. The normalized spacial score (nSPS) is 11.2. The molecule has 0 N–H and O–H groups in total. The molecule has 4 rings (SSSR count). The molecule has 0 radical (unpaired) electrons. The smallest absolute Gasteiger partial charge is 0.280 e. The van der Waals surface area contributed by atoms with E-state index in [2.05, 4.69) is 10.1 Å². The first-order chi connectivity index (χ1) is 13.6. The summed E-state index contributed by atoms with van der Waals surface area (Å²) in [6.45, 7) is 2.02. The number of furan rings is 1. The molecule has 0 bridgehead atoms. The summed E-state index contributed by atoms with van der Waals surface area (Å²) in [5.41, 5.74) is 2.44. The van der Waals surface area contributed by atoms with Crippen LogP contribution in [0.15, 0.2) is 70.4 Å². The quantitative estimate of drug-likeness (QED) is 0.359. The molecule has 6 nitrogen and oxygen atoms in total. The Hall–Kier alpha value is -3.45. The number of amides is 1. The van der Waals surface area contributed by atoms with E-state index in [-0.39, 0.29) is 5.91 Å². The highest BCUT2D eigenvalue weighted by molar-refractivity contribution is 7.22. The molecule has 2 heterocycles. The van der Waals surface area contributed by atoms with Crippen molar-refractivity contribution < 1.29 is 13.9 Å². The van der Waals surface area contributed by atoms with Crippen molar-refractivity contribution in [3.05, 3.63) is 77.7 Å². The van der Waals surface area contributed by atoms with Crippen LogP contribution in [0.3, 0.4) is 0 Å². The van der Waals surface area contributed by atoms with Crippen LogP contribution < -0.4 is 9.75 Å². The Balaban J connectivity index is 1.74. The number of hydrazone groups is 1. The third kappa shape index (κ3) is 3.65. The first-order valence-corrected chi connectivity index (χ1v) is 9.39. The highest BCUT2D eigenvalue weighted by atomic mass is 32.1. The standard InChI is InChI=1S/C21H17N3O3S/c1-14-5-10-18-19(12-14)28-21(23-18)24(22-13-17-4-3-11-27-17)20(25)15-6-8-16(26-2)9-7-15/h3-13H,1-2H3/b22-13+. The molecule has 0 spiro atoms. The molecule has 0 fully saturated rings. The van der Waals surface area contributed by atoms with Gasteiger partial charge in [0.25, 0.3) is 5.91 Å². The number of aromatic nitrogens is 1. The van der Waals surface area contributed by atoms with Gasteiger partial charge in [-0.05, 0) is 61.0 Å². The third-order valence-corrected chi connectivity index (χ3v) is 5.08. The van der Waals surface area contributed by atoms with E-state index in [0.717, 1.165) is 15.8 Å². The van der Waals surface area contributed by atoms with Crippen molar-refractivity contribution in [2.75, 3.05) is 12.1 Å². The number of fused-ring (bicyclic) bond motifs is 1. The van der Waals surface area contributed by atoms with Crippen molar-refractivity contribution in [1.82, 2.24) is 4.98 Å². The zero-order chi connectivity index (χ0) is 19.5. The largest absolute Gasteiger partial charge is 0.497 e. The summed E-state index contributed by atoms with van der Waals surface area (Å²) >= 11 is 1.41. The van der Waals surface area contributed by atoms with Crippen molar-refractivity contribution >= 4 is 38.8 Å². The van der Waals surface area contributed by atoms with E-state index in [1.54, 1.807) is 49.8 Å². The Bertz CT molecular complexity index is 1130. The van der Waals surface area contributed by atoms with Crippen molar-refractivity contribution in [2.24, 2.45) is 5.10 Å². The molecule has 0 aliphatic heterocycles. The molecule has 7 heteroatoms. The van der Waals surface area contributed by atoms with Crippen molar-refractivity contribution in [2.45, 2.75) is 6.92 Å². The van der Waals surface area contributed by atoms with Gasteiger partial charge in [0.05, 0.1) is 29.8 Å². The lowest BCUT2D eigenvalue weighted by Crippen LogP contribution is -2.25. The maximum absolute atomic E-state index is 13.2. The van der Waals surface area contributed by atoms with E-state index in [4.69, 9.17) is 9.15 Å². The number of anilines is 1. The van der Waals surface area contributed by atoms with E-state index in [1.165, 1.54) is 22.6 Å². The molecule has 0 unspecified atom stereocenters. The highest BCUT2D eigenvalue weighted by Crippen LogP contribution is 2.31. The number of benzene rings is 2. The van der Waals surface area contributed by atoms with Gasteiger partial charge in [-0.25, -0.2) is 4.98 Å². The van der Waals surface area contributed by atoms with E-state index < -0.39 is 0 Å². The van der Waals surface area contributed by atoms with Gasteiger partial charge in [-0.2, -0.15) is 10.1 Å². The number of carbonyl (C=O) groups is 1. The van der Waals surface area contributed by atoms with E-state index in [0.29, 0.717) is 22.2 Å². The summed E-state index contributed by atoms with van der Waals surface area (Å²) in [5.74, 6) is 0.934. The predicted octanol–water partition coefficient (Wildman–Crippen LogP) is 4.89. The number of methoxy groups -OCH3 is 1. The fourth-order valence-corrected chi connectivity index (χ4v) is 3.65. The topological polar surface area (TPSA) is 67.9 Å². The minimum atomic E-state index is -0.291. The fourth-order valence-electron chi connectivity index (χ4n) is 2.63. The van der Waals surface area contributed by atoms with Crippen LogP contribution >= 0.6 is 11.3 Å². The number of thiazole rings is 1. The van der Waals surface area contributed by atoms with Crippen LogP contribution in [0, 0.1) is 6.92 Å². The van der Waals surface area contributed by atoms with Crippen molar-refractivity contribution in [3.8, 4) is 5.75 Å². The lowest BCUT2D eigenvalue weighted by Gasteiger charge is -2.13. The van der Waals surface area contributed by atoms with Crippen LogP contribution in [-0.4, -0.2) is 24.2 Å². The number of ether oxygens (including phenoxy) is 1. The Labute approximate surface area is 165 Å². The Morgan fingerprint density at radius 2 is 2.04 bits per heavy atom. The van der Waals surface area contributed by atoms with E-state index >= 15 is 0 Å². The number of rotatable bonds is 5. The monoisotopic (exact) mass is 391 g/mol. The first-order valence-electron chi connectivity index (χ1n) is 8.57. The van der Waals surface area contributed by atoms with Gasteiger partial charge in [-0.3, -0.25) is 4.79 Å². The number of nitrogens with zero attached hydrogens (tertiary/aromatic N) is 3. The molecule has 4 aromatic rings. The zero-order valence-corrected chi connectivity index (χ0v) is 16.1. The number of hydrogen-bond acceptors (Lipinski definition) is 6. The van der Waals surface area contributed by atoms with Gasteiger partial charge < -0.3 is 9.15 Å². The summed E-state index contributed by atoms with van der Waals surface area (Å²) in [6, 6.07) is 16.4. The van der Waals surface area contributed by atoms with Crippen LogP contribution in [0.5, 0.6) is 5.75 Å². The summed E-state index contributed by atoms with van der Waals surface area (Å²) < 4.78 is 11.4. The molecule has 0 saturated carbocycles. The zero-order valence-electron chi connectivity index (χ0n) is 15.3. The van der Waals surface area contributed by atoms with Gasteiger partial charge in [-0.1, -0.05) is 17.4 Å².